The minimum Gasteiger partial charge on any atom is -0.365 e. The highest BCUT2D eigenvalue weighted by atomic mass is 16.5. The summed E-state index contributed by atoms with van der Waals surface area (Å²) in [5.41, 5.74) is 4.36. The van der Waals surface area contributed by atoms with Crippen LogP contribution in [0.4, 0.5) is 0 Å². The number of H-pyrrole nitrogens is 1. The second-order valence-corrected chi connectivity index (χ2v) is 4.52. The number of para-hydroxylation sites is 1. The maximum absolute atomic E-state index is 4.33. The molecular weight excluding hydrogens is 224 g/mol. The van der Waals surface area contributed by atoms with Crippen molar-refractivity contribution in [3.63, 3.8) is 0 Å². The first-order valence-corrected chi connectivity index (χ1v) is 6.38. The summed E-state index contributed by atoms with van der Waals surface area (Å²) in [6.07, 6.45) is 8.30. The molecule has 0 spiro atoms. The molecule has 18 heavy (non-hydrogen) atoms. The van der Waals surface area contributed by atoms with Crippen LogP contribution in [0.15, 0.2) is 47.3 Å². The van der Waals surface area contributed by atoms with E-state index in [0.717, 1.165) is 0 Å². The fraction of sp³-hybridized carbons (Fsp3) is 0.267. The summed E-state index contributed by atoms with van der Waals surface area (Å²) in [5.74, 6) is 0. The van der Waals surface area contributed by atoms with Crippen LogP contribution in [-0.2, 0) is 12.8 Å². The number of aryl methyl sites for hydroxylation is 2. The van der Waals surface area contributed by atoms with E-state index in [1.54, 1.807) is 17.8 Å². The average molecular weight is 240 g/mol. The van der Waals surface area contributed by atoms with Crippen LogP contribution in [0, 0.1) is 0 Å². The van der Waals surface area contributed by atoms with Gasteiger partial charge >= 0.3 is 0 Å². The third-order valence-corrected chi connectivity index (χ3v) is 3.35. The number of benzene rings is 1. The van der Waals surface area contributed by atoms with Gasteiger partial charge < -0.3 is 9.51 Å². The number of fused-ring (bicyclic) bond motifs is 3. The largest absolute Gasteiger partial charge is 0.365 e. The van der Waals surface area contributed by atoms with E-state index in [0.29, 0.717) is 0 Å². The van der Waals surface area contributed by atoms with E-state index in [2.05, 4.69) is 38.9 Å². The number of rotatable bonds is 0. The van der Waals surface area contributed by atoms with Crippen molar-refractivity contribution in [2.45, 2.75) is 25.7 Å². The number of hydrogen-bond acceptors (Lipinski definition) is 2. The van der Waals surface area contributed by atoms with Crippen molar-refractivity contribution in [2.24, 2.45) is 0 Å². The summed E-state index contributed by atoms with van der Waals surface area (Å²) in [5, 5.41) is 4.79. The van der Waals surface area contributed by atoms with E-state index < -0.39 is 0 Å². The molecule has 0 aliphatic heterocycles. The first-order valence-electron chi connectivity index (χ1n) is 6.38. The Bertz CT molecular complexity index is 593. The van der Waals surface area contributed by atoms with Gasteiger partial charge in [-0.05, 0) is 43.4 Å². The molecule has 3 nitrogen and oxygen atoms in total. The lowest BCUT2D eigenvalue weighted by Gasteiger charge is -2.10. The number of aromatic amines is 1. The molecule has 0 saturated heterocycles. The molecule has 4 rings (SSSR count). The lowest BCUT2D eigenvalue weighted by molar-refractivity contribution is 0.420. The minimum absolute atomic E-state index is 1.24. The molecule has 2 heterocycles. The normalized spacial score (nSPS) is 13.8. The standard InChI is InChI=1S/C12H13N.C3H3NO/c1-3-7-11-9(5-1)10-6-2-4-8-12(10)13-11;1-2-4-5-3-1/h1,3,5,7,13H,2,4,6,8H2;1-3H. The van der Waals surface area contributed by atoms with Crippen LogP contribution in [-0.4, -0.2) is 10.1 Å². The lowest BCUT2D eigenvalue weighted by Crippen LogP contribution is -1.99. The molecule has 0 atom stereocenters. The predicted molar refractivity (Wildman–Crippen MR) is 71.4 cm³/mol. The summed E-state index contributed by atoms with van der Waals surface area (Å²) < 4.78 is 4.33. The van der Waals surface area contributed by atoms with Crippen molar-refractivity contribution in [1.29, 1.82) is 0 Å². The summed E-state index contributed by atoms with van der Waals surface area (Å²) in [6.45, 7) is 0. The third-order valence-electron chi connectivity index (χ3n) is 3.35. The summed E-state index contributed by atoms with van der Waals surface area (Å²) >= 11 is 0. The Labute approximate surface area is 106 Å². The minimum atomic E-state index is 1.24. The van der Waals surface area contributed by atoms with Gasteiger partial charge in [0.15, 0.2) is 0 Å². The van der Waals surface area contributed by atoms with E-state index in [4.69, 9.17) is 0 Å². The average Bonchev–Trinajstić information content (AvgIpc) is 3.10. The Morgan fingerprint density at radius 2 is 1.94 bits per heavy atom. The molecule has 1 aliphatic carbocycles. The smallest absolute Gasteiger partial charge is 0.123 e. The van der Waals surface area contributed by atoms with Gasteiger partial charge in [0, 0.05) is 16.6 Å². The van der Waals surface area contributed by atoms with Crippen molar-refractivity contribution < 1.29 is 4.52 Å². The summed E-state index contributed by atoms with van der Waals surface area (Å²) in [6, 6.07) is 10.4. The van der Waals surface area contributed by atoms with Gasteiger partial charge in [0.2, 0.25) is 0 Å². The molecule has 3 heteroatoms. The monoisotopic (exact) mass is 240 g/mol. The highest BCUT2D eigenvalue weighted by Crippen LogP contribution is 2.28. The van der Waals surface area contributed by atoms with Crippen molar-refractivity contribution in [3.05, 3.63) is 54.0 Å². The maximum atomic E-state index is 4.33. The highest BCUT2D eigenvalue weighted by molar-refractivity contribution is 5.84. The number of nitrogens with one attached hydrogen (secondary N) is 1. The number of hydrogen-bond donors (Lipinski definition) is 1. The van der Waals surface area contributed by atoms with Gasteiger partial charge in [-0.1, -0.05) is 23.4 Å². The van der Waals surface area contributed by atoms with Gasteiger partial charge in [0.1, 0.15) is 6.26 Å². The van der Waals surface area contributed by atoms with Crippen molar-refractivity contribution in [3.8, 4) is 0 Å². The first-order chi connectivity index (χ1) is 8.95. The van der Waals surface area contributed by atoms with Crippen LogP contribution in [0.5, 0.6) is 0 Å². The van der Waals surface area contributed by atoms with Gasteiger partial charge in [0.05, 0.1) is 6.20 Å². The molecular formula is C15H16N2O. The van der Waals surface area contributed by atoms with Crippen LogP contribution < -0.4 is 0 Å². The Hall–Kier alpha value is -2.03. The molecule has 0 saturated carbocycles. The molecule has 0 bridgehead atoms. The molecule has 0 radical (unpaired) electrons. The number of nitrogens with zero attached hydrogens (tertiary/aromatic N) is 1. The molecule has 3 aromatic rings. The second-order valence-electron chi connectivity index (χ2n) is 4.52. The highest BCUT2D eigenvalue weighted by Gasteiger charge is 2.13. The van der Waals surface area contributed by atoms with Gasteiger partial charge in [-0.15, -0.1) is 0 Å². The van der Waals surface area contributed by atoms with Gasteiger partial charge in [-0.3, -0.25) is 0 Å². The Morgan fingerprint density at radius 3 is 2.72 bits per heavy atom. The molecule has 0 unspecified atom stereocenters. The van der Waals surface area contributed by atoms with E-state index >= 15 is 0 Å². The fourth-order valence-electron chi connectivity index (χ4n) is 2.53. The van der Waals surface area contributed by atoms with Gasteiger partial charge in [-0.2, -0.15) is 0 Å². The van der Waals surface area contributed by atoms with Gasteiger partial charge in [0.25, 0.3) is 0 Å². The molecule has 1 N–H and O–H groups in total. The zero-order valence-corrected chi connectivity index (χ0v) is 10.2. The Kier molecular flexibility index (Phi) is 3.13. The zero-order valence-electron chi connectivity index (χ0n) is 10.2. The van der Waals surface area contributed by atoms with Crippen LogP contribution in [0.1, 0.15) is 24.1 Å². The van der Waals surface area contributed by atoms with Crippen molar-refractivity contribution >= 4 is 10.9 Å². The molecule has 1 aliphatic rings. The third kappa shape index (κ3) is 2.16. The Morgan fingerprint density at radius 1 is 1.06 bits per heavy atom. The van der Waals surface area contributed by atoms with Crippen molar-refractivity contribution in [2.75, 3.05) is 0 Å². The van der Waals surface area contributed by atoms with Crippen LogP contribution in [0.25, 0.3) is 10.9 Å². The molecule has 1 aromatic carbocycles. The zero-order chi connectivity index (χ0) is 12.2. The Balaban J connectivity index is 0.000000169. The molecule has 0 amide bonds. The van der Waals surface area contributed by atoms with E-state index in [9.17, 15) is 0 Å². The number of aromatic nitrogens is 2. The topological polar surface area (TPSA) is 41.8 Å². The van der Waals surface area contributed by atoms with E-state index in [1.807, 2.05) is 0 Å². The van der Waals surface area contributed by atoms with E-state index in [-0.39, 0.29) is 0 Å². The van der Waals surface area contributed by atoms with Crippen LogP contribution in [0.3, 0.4) is 0 Å². The lowest BCUT2D eigenvalue weighted by atomic mass is 9.96. The molecule has 2 aromatic heterocycles. The molecule has 92 valence electrons. The first kappa shape index (κ1) is 11.1. The second kappa shape index (κ2) is 5.08. The van der Waals surface area contributed by atoms with Crippen LogP contribution >= 0.6 is 0 Å². The quantitative estimate of drug-likeness (QED) is 0.650. The van der Waals surface area contributed by atoms with Crippen molar-refractivity contribution in [1.82, 2.24) is 10.1 Å². The molecule has 0 fully saturated rings. The predicted octanol–water partition coefficient (Wildman–Crippen LogP) is 3.72. The van der Waals surface area contributed by atoms with E-state index in [1.165, 1.54) is 48.5 Å². The maximum Gasteiger partial charge on any atom is 0.123 e. The SMILES string of the molecule is c1ccc2c3c([nH]c2c1)CCCC3.c1cnoc1. The van der Waals surface area contributed by atoms with Crippen LogP contribution in [0.2, 0.25) is 0 Å². The summed E-state index contributed by atoms with van der Waals surface area (Å²) in [7, 11) is 0. The summed E-state index contributed by atoms with van der Waals surface area (Å²) in [4.78, 5) is 3.52. The fourth-order valence-corrected chi connectivity index (χ4v) is 2.53. The van der Waals surface area contributed by atoms with Gasteiger partial charge in [-0.25, -0.2) is 0 Å².